The number of aromatic amines is 1. The highest BCUT2D eigenvalue weighted by atomic mass is 16.5. The van der Waals surface area contributed by atoms with Gasteiger partial charge in [0.1, 0.15) is 5.69 Å². The van der Waals surface area contributed by atoms with Crippen molar-refractivity contribution in [1.29, 1.82) is 0 Å². The first-order valence-corrected chi connectivity index (χ1v) is 7.38. The Bertz CT molecular complexity index is 577. The molecule has 122 valence electrons. The maximum absolute atomic E-state index is 12.5. The van der Waals surface area contributed by atoms with Gasteiger partial charge in [0.2, 0.25) is 5.91 Å². The van der Waals surface area contributed by atoms with E-state index in [1.54, 1.807) is 6.92 Å². The van der Waals surface area contributed by atoms with Crippen molar-refractivity contribution in [3.63, 3.8) is 0 Å². The third-order valence-corrected chi connectivity index (χ3v) is 3.72. The van der Waals surface area contributed by atoms with Gasteiger partial charge in [-0.15, -0.1) is 0 Å². The highest BCUT2D eigenvalue weighted by molar-refractivity contribution is 5.94. The van der Waals surface area contributed by atoms with Crippen molar-refractivity contribution in [2.45, 2.75) is 52.2 Å². The first kappa shape index (κ1) is 16.5. The number of rotatable bonds is 4. The van der Waals surface area contributed by atoms with E-state index in [1.165, 1.54) is 6.07 Å². The van der Waals surface area contributed by atoms with Gasteiger partial charge in [-0.25, -0.2) is 4.79 Å². The summed E-state index contributed by atoms with van der Waals surface area (Å²) in [6, 6.07) is 1.46. The highest BCUT2D eigenvalue weighted by Gasteiger charge is 2.49. The molecule has 1 atom stereocenters. The van der Waals surface area contributed by atoms with Crippen molar-refractivity contribution < 1.29 is 19.1 Å². The predicted molar refractivity (Wildman–Crippen MR) is 80.5 cm³/mol. The van der Waals surface area contributed by atoms with Crippen LogP contribution in [0.15, 0.2) is 6.07 Å². The van der Waals surface area contributed by atoms with Crippen LogP contribution >= 0.6 is 0 Å². The summed E-state index contributed by atoms with van der Waals surface area (Å²) in [5.74, 6) is -0.655. The Kier molecular flexibility index (Phi) is 4.28. The minimum absolute atomic E-state index is 0.169. The molecule has 0 bridgehead atoms. The second-order valence-corrected chi connectivity index (χ2v) is 6.60. The van der Waals surface area contributed by atoms with Crippen LogP contribution in [0.2, 0.25) is 0 Å². The zero-order valence-electron chi connectivity index (χ0n) is 13.6. The summed E-state index contributed by atoms with van der Waals surface area (Å²) in [5.41, 5.74) is -0.680. The summed E-state index contributed by atoms with van der Waals surface area (Å²) in [6.07, 6.45) is 0.626. The van der Waals surface area contributed by atoms with Gasteiger partial charge < -0.3 is 14.8 Å². The Balaban J connectivity index is 2.05. The third-order valence-electron chi connectivity index (χ3n) is 3.72. The molecule has 1 unspecified atom stereocenters. The minimum Gasteiger partial charge on any atom is -0.461 e. The van der Waals surface area contributed by atoms with Crippen LogP contribution in [0.1, 0.15) is 51.5 Å². The fourth-order valence-electron chi connectivity index (χ4n) is 2.88. The number of anilines is 1. The number of hydrogen-bond donors (Lipinski definition) is 2. The first-order chi connectivity index (χ1) is 10.1. The maximum atomic E-state index is 12.5. The van der Waals surface area contributed by atoms with Gasteiger partial charge in [-0.05, 0) is 41.0 Å². The van der Waals surface area contributed by atoms with Gasteiger partial charge in [-0.2, -0.15) is 5.10 Å². The van der Waals surface area contributed by atoms with E-state index < -0.39 is 11.6 Å². The van der Waals surface area contributed by atoms with Crippen molar-refractivity contribution >= 4 is 17.7 Å². The van der Waals surface area contributed by atoms with Crippen molar-refractivity contribution in [3.8, 4) is 0 Å². The van der Waals surface area contributed by atoms with Crippen LogP contribution in [-0.2, 0) is 14.3 Å². The fraction of sp³-hybridized carbons (Fsp3) is 0.667. The topological polar surface area (TPSA) is 93.3 Å². The molecule has 0 spiro atoms. The fourth-order valence-corrected chi connectivity index (χ4v) is 2.88. The summed E-state index contributed by atoms with van der Waals surface area (Å²) in [4.78, 5) is 24.0. The van der Waals surface area contributed by atoms with Gasteiger partial charge >= 0.3 is 5.97 Å². The van der Waals surface area contributed by atoms with Crippen molar-refractivity contribution in [1.82, 2.24) is 10.2 Å². The molecule has 7 nitrogen and oxygen atoms in total. The van der Waals surface area contributed by atoms with E-state index in [4.69, 9.17) is 9.47 Å². The molecule has 1 aromatic rings. The number of nitrogens with one attached hydrogen (secondary N) is 2. The molecule has 7 heteroatoms. The van der Waals surface area contributed by atoms with Crippen LogP contribution in [0.3, 0.4) is 0 Å². The highest BCUT2D eigenvalue weighted by Crippen LogP contribution is 2.42. The van der Waals surface area contributed by atoms with Crippen LogP contribution in [0.4, 0.5) is 5.82 Å². The lowest BCUT2D eigenvalue weighted by Crippen LogP contribution is -2.36. The third kappa shape index (κ3) is 3.47. The van der Waals surface area contributed by atoms with Crippen LogP contribution < -0.4 is 5.32 Å². The van der Waals surface area contributed by atoms with Gasteiger partial charge in [-0.1, -0.05) is 0 Å². The number of ether oxygens (including phenoxy) is 2. The summed E-state index contributed by atoms with van der Waals surface area (Å²) >= 11 is 0. The largest absolute Gasteiger partial charge is 0.461 e. The smallest absolute Gasteiger partial charge is 0.356 e. The average molecular weight is 309 g/mol. The lowest BCUT2D eigenvalue weighted by Gasteiger charge is -2.26. The molecule has 1 fully saturated rings. The van der Waals surface area contributed by atoms with Gasteiger partial charge in [-0.3, -0.25) is 9.89 Å². The molecule has 2 N–H and O–H groups in total. The molecular formula is C15H23N3O4. The number of carbonyl (C=O) groups excluding carboxylic acids is 2. The molecule has 2 rings (SSSR count). The Morgan fingerprint density at radius 2 is 2.14 bits per heavy atom. The molecule has 22 heavy (non-hydrogen) atoms. The van der Waals surface area contributed by atoms with E-state index in [0.29, 0.717) is 12.2 Å². The zero-order chi connectivity index (χ0) is 16.5. The number of aromatic nitrogens is 2. The SMILES string of the molecule is CCOC(=O)c1cc(NC(=O)C2CC(C)(C)OC2(C)C)n[nH]1. The van der Waals surface area contributed by atoms with E-state index >= 15 is 0 Å². The standard InChI is InChI=1S/C15H23N3O4/c1-6-21-13(20)10-7-11(18-17-10)16-12(19)9-8-14(2,3)22-15(9,4)5/h7,9H,6,8H2,1-5H3,(H2,16,17,18,19). The monoisotopic (exact) mass is 309 g/mol. The van der Waals surface area contributed by atoms with Gasteiger partial charge in [0, 0.05) is 6.07 Å². The lowest BCUT2D eigenvalue weighted by molar-refractivity contribution is -0.126. The zero-order valence-corrected chi connectivity index (χ0v) is 13.6. The van der Waals surface area contributed by atoms with Crippen LogP contribution in [0, 0.1) is 5.92 Å². The Morgan fingerprint density at radius 1 is 1.45 bits per heavy atom. The van der Waals surface area contributed by atoms with E-state index in [9.17, 15) is 9.59 Å². The molecule has 0 aromatic carbocycles. The molecule has 0 radical (unpaired) electrons. The molecule has 1 saturated heterocycles. The second-order valence-electron chi connectivity index (χ2n) is 6.60. The Labute approximate surface area is 129 Å². The molecule has 0 saturated carbocycles. The van der Waals surface area contributed by atoms with Gasteiger partial charge in [0.15, 0.2) is 5.82 Å². The Morgan fingerprint density at radius 3 is 2.68 bits per heavy atom. The lowest BCUT2D eigenvalue weighted by atomic mass is 9.86. The number of H-pyrrole nitrogens is 1. The minimum atomic E-state index is -0.548. The van der Waals surface area contributed by atoms with Crippen molar-refractivity contribution in [2.75, 3.05) is 11.9 Å². The quantitative estimate of drug-likeness (QED) is 0.831. The summed E-state index contributed by atoms with van der Waals surface area (Å²) < 4.78 is 10.8. The maximum Gasteiger partial charge on any atom is 0.356 e. The molecule has 2 heterocycles. The molecule has 0 aliphatic carbocycles. The number of hydrogen-bond acceptors (Lipinski definition) is 5. The van der Waals surface area contributed by atoms with Crippen molar-refractivity contribution in [2.24, 2.45) is 5.92 Å². The molecule has 1 amide bonds. The van der Waals surface area contributed by atoms with E-state index in [1.807, 2.05) is 27.7 Å². The molecule has 1 aliphatic heterocycles. The van der Waals surface area contributed by atoms with Crippen LogP contribution in [0.25, 0.3) is 0 Å². The number of esters is 1. The molecule has 1 aliphatic rings. The number of carbonyl (C=O) groups is 2. The van der Waals surface area contributed by atoms with Crippen LogP contribution in [0.5, 0.6) is 0 Å². The molecular weight excluding hydrogens is 286 g/mol. The predicted octanol–water partition coefficient (Wildman–Crippen LogP) is 2.12. The Hall–Kier alpha value is -1.89. The van der Waals surface area contributed by atoms with E-state index in [-0.39, 0.29) is 29.7 Å². The van der Waals surface area contributed by atoms with Gasteiger partial charge in [0.05, 0.1) is 23.7 Å². The second kappa shape index (κ2) is 5.72. The van der Waals surface area contributed by atoms with Gasteiger partial charge in [0.25, 0.3) is 0 Å². The summed E-state index contributed by atoms with van der Waals surface area (Å²) in [5, 5.41) is 9.19. The number of amides is 1. The normalized spacial score (nSPS) is 22.3. The summed E-state index contributed by atoms with van der Waals surface area (Å²) in [6.45, 7) is 9.75. The first-order valence-electron chi connectivity index (χ1n) is 7.38. The van der Waals surface area contributed by atoms with E-state index in [0.717, 1.165) is 0 Å². The molecule has 1 aromatic heterocycles. The van der Waals surface area contributed by atoms with E-state index in [2.05, 4.69) is 15.5 Å². The van der Waals surface area contributed by atoms with Crippen LogP contribution in [-0.4, -0.2) is 39.9 Å². The average Bonchev–Trinajstić information content (AvgIpc) is 2.91. The number of nitrogens with zero attached hydrogens (tertiary/aromatic N) is 1. The summed E-state index contributed by atoms with van der Waals surface area (Å²) in [7, 11) is 0. The van der Waals surface area contributed by atoms with Crippen molar-refractivity contribution in [3.05, 3.63) is 11.8 Å².